The van der Waals surface area contributed by atoms with Crippen LogP contribution in [0.25, 0.3) is 10.8 Å². The molecule has 3 aliphatic rings. The molecule has 5 atom stereocenters. The second kappa shape index (κ2) is 13.9. The number of esters is 1. The van der Waals surface area contributed by atoms with Crippen LogP contribution in [0.15, 0.2) is 67.8 Å². The predicted molar refractivity (Wildman–Crippen MR) is 178 cm³/mol. The average molecular weight is 619 g/mol. The molecular formula is C36H46N2O5S. The number of allylic oxidation sites excluding steroid dienone is 1. The molecule has 3 fully saturated rings. The first kappa shape index (κ1) is 32.3. The number of thioether (sulfide) groups is 1. The standard InChI is InChI=1S/C36H46N2O5S/c1-4-6-7-14-24-43-34(42)30-29-32(40)38(22-12-8-9-13-23-39)31(36(29)20-19-35(30,3)44-36)33(41)37(21-5-2)28-18-17-26-15-10-11-16-27(26)25-28/h4-5,10-11,15-18,25,29-31,39H,1-2,6-9,12-14,19-24H2,3H3/t29-,30-,31?,35+,36?/m0/s1. The number of aliphatic hydroxyl groups excluding tert-OH is 1. The average Bonchev–Trinajstić information content (AvgIpc) is 3.59. The summed E-state index contributed by atoms with van der Waals surface area (Å²) < 4.78 is 4.65. The molecule has 1 N–H and O–H groups in total. The van der Waals surface area contributed by atoms with Crippen molar-refractivity contribution < 1.29 is 24.2 Å². The minimum absolute atomic E-state index is 0.105. The van der Waals surface area contributed by atoms with Crippen molar-refractivity contribution in [3.8, 4) is 0 Å². The van der Waals surface area contributed by atoms with Crippen LogP contribution < -0.4 is 4.90 Å². The second-order valence-electron chi connectivity index (χ2n) is 12.6. The Morgan fingerprint density at radius 1 is 1.05 bits per heavy atom. The monoisotopic (exact) mass is 618 g/mol. The molecule has 2 unspecified atom stereocenters. The lowest BCUT2D eigenvalue weighted by molar-refractivity contribution is -0.155. The number of hydrogen-bond donors (Lipinski definition) is 1. The number of benzene rings is 2. The number of likely N-dealkylation sites (tertiary alicyclic amines) is 1. The van der Waals surface area contributed by atoms with Gasteiger partial charge in [0.05, 0.1) is 23.2 Å². The van der Waals surface area contributed by atoms with Gasteiger partial charge in [-0.1, -0.05) is 55.3 Å². The Balaban J connectivity index is 1.48. The highest BCUT2D eigenvalue weighted by atomic mass is 32.2. The van der Waals surface area contributed by atoms with E-state index in [0.29, 0.717) is 32.5 Å². The van der Waals surface area contributed by atoms with Crippen LogP contribution in [0.3, 0.4) is 0 Å². The lowest BCUT2D eigenvalue weighted by atomic mass is 9.66. The summed E-state index contributed by atoms with van der Waals surface area (Å²) in [6.07, 6.45) is 10.7. The van der Waals surface area contributed by atoms with Crippen LogP contribution in [-0.4, -0.2) is 69.6 Å². The number of amides is 2. The molecule has 3 saturated heterocycles. The predicted octanol–water partition coefficient (Wildman–Crippen LogP) is 6.29. The van der Waals surface area contributed by atoms with E-state index in [4.69, 9.17) is 4.74 Å². The van der Waals surface area contributed by atoms with E-state index in [1.165, 1.54) is 0 Å². The molecular weight excluding hydrogens is 572 g/mol. The highest BCUT2D eigenvalue weighted by Crippen LogP contribution is 2.71. The molecule has 236 valence electrons. The van der Waals surface area contributed by atoms with Crippen LogP contribution in [0.2, 0.25) is 0 Å². The van der Waals surface area contributed by atoms with Gasteiger partial charge in [-0.25, -0.2) is 0 Å². The third kappa shape index (κ3) is 5.95. The maximum atomic E-state index is 14.9. The molecule has 2 bridgehead atoms. The van der Waals surface area contributed by atoms with Gasteiger partial charge in [-0.2, -0.15) is 0 Å². The van der Waals surface area contributed by atoms with E-state index in [2.05, 4.69) is 20.1 Å². The number of rotatable bonds is 16. The first-order chi connectivity index (χ1) is 21.3. The fraction of sp³-hybridized carbons (Fsp3) is 0.528. The summed E-state index contributed by atoms with van der Waals surface area (Å²) >= 11 is 1.68. The molecule has 0 aliphatic carbocycles. The Morgan fingerprint density at radius 2 is 1.82 bits per heavy atom. The third-order valence-corrected chi connectivity index (χ3v) is 11.7. The smallest absolute Gasteiger partial charge is 0.311 e. The molecule has 8 heteroatoms. The summed E-state index contributed by atoms with van der Waals surface area (Å²) in [5.74, 6) is -1.72. The van der Waals surface area contributed by atoms with Gasteiger partial charge >= 0.3 is 5.97 Å². The lowest BCUT2D eigenvalue weighted by Crippen LogP contribution is -2.55. The number of nitrogens with zero attached hydrogens (tertiary/aromatic N) is 2. The minimum Gasteiger partial charge on any atom is -0.465 e. The van der Waals surface area contributed by atoms with Crippen LogP contribution in [0, 0.1) is 11.8 Å². The maximum absolute atomic E-state index is 14.9. The van der Waals surface area contributed by atoms with Gasteiger partial charge in [-0.05, 0) is 74.8 Å². The molecule has 3 heterocycles. The molecule has 7 nitrogen and oxygen atoms in total. The summed E-state index contributed by atoms with van der Waals surface area (Å²) in [6.45, 7) is 11.0. The molecule has 2 aromatic rings. The Kier molecular flexibility index (Phi) is 10.2. The van der Waals surface area contributed by atoms with Gasteiger partial charge in [0.2, 0.25) is 5.91 Å². The van der Waals surface area contributed by atoms with Crippen molar-refractivity contribution in [3.05, 3.63) is 67.8 Å². The second-order valence-corrected chi connectivity index (χ2v) is 14.5. The topological polar surface area (TPSA) is 87.1 Å². The Labute approximate surface area is 265 Å². The molecule has 0 aromatic heterocycles. The highest BCUT2D eigenvalue weighted by Gasteiger charge is 2.77. The van der Waals surface area contributed by atoms with E-state index in [9.17, 15) is 19.5 Å². The van der Waals surface area contributed by atoms with Gasteiger partial charge < -0.3 is 19.6 Å². The van der Waals surface area contributed by atoms with Crippen molar-refractivity contribution in [2.75, 3.05) is 31.2 Å². The van der Waals surface area contributed by atoms with Gasteiger partial charge in [0.25, 0.3) is 5.91 Å². The van der Waals surface area contributed by atoms with Gasteiger partial charge in [-0.15, -0.1) is 24.9 Å². The van der Waals surface area contributed by atoms with Crippen molar-refractivity contribution in [2.45, 2.75) is 80.2 Å². The minimum atomic E-state index is -0.698. The van der Waals surface area contributed by atoms with E-state index in [1.807, 2.05) is 48.5 Å². The molecule has 5 rings (SSSR count). The van der Waals surface area contributed by atoms with Gasteiger partial charge in [-0.3, -0.25) is 14.4 Å². The summed E-state index contributed by atoms with van der Waals surface area (Å²) in [4.78, 5) is 46.5. The zero-order chi connectivity index (χ0) is 31.3. The number of hydrogen-bond acceptors (Lipinski definition) is 6. The van der Waals surface area contributed by atoms with Crippen molar-refractivity contribution in [2.24, 2.45) is 11.8 Å². The number of fused-ring (bicyclic) bond motifs is 2. The van der Waals surface area contributed by atoms with E-state index >= 15 is 0 Å². The van der Waals surface area contributed by atoms with Crippen LogP contribution in [0.5, 0.6) is 0 Å². The maximum Gasteiger partial charge on any atom is 0.311 e. The van der Waals surface area contributed by atoms with Crippen molar-refractivity contribution >= 4 is 46.0 Å². The lowest BCUT2D eigenvalue weighted by Gasteiger charge is -2.37. The molecule has 2 aromatic carbocycles. The van der Waals surface area contributed by atoms with Crippen LogP contribution in [-0.2, 0) is 19.1 Å². The van der Waals surface area contributed by atoms with Crippen molar-refractivity contribution in [1.29, 1.82) is 0 Å². The van der Waals surface area contributed by atoms with E-state index < -0.39 is 27.4 Å². The van der Waals surface area contributed by atoms with Gasteiger partial charge in [0.1, 0.15) is 6.04 Å². The largest absolute Gasteiger partial charge is 0.465 e. The summed E-state index contributed by atoms with van der Waals surface area (Å²) in [6, 6.07) is 13.4. The van der Waals surface area contributed by atoms with Crippen LogP contribution >= 0.6 is 11.8 Å². The normalized spacial score (nSPS) is 27.0. The zero-order valence-electron chi connectivity index (χ0n) is 25.9. The Hall–Kier alpha value is -3.10. The number of unbranched alkanes of at least 4 members (excludes halogenated alkanes) is 5. The third-order valence-electron chi connectivity index (χ3n) is 9.74. The van der Waals surface area contributed by atoms with Crippen LogP contribution in [0.1, 0.15) is 64.7 Å². The first-order valence-electron chi connectivity index (χ1n) is 16.1. The van der Waals surface area contributed by atoms with E-state index in [-0.39, 0.29) is 24.4 Å². The Morgan fingerprint density at radius 3 is 2.57 bits per heavy atom. The Bertz CT molecular complexity index is 1400. The van der Waals surface area contributed by atoms with Crippen molar-refractivity contribution in [1.82, 2.24) is 4.90 Å². The number of carbonyl (C=O) groups excluding carboxylic acids is 3. The summed E-state index contributed by atoms with van der Waals surface area (Å²) in [5, 5.41) is 11.4. The molecule has 0 saturated carbocycles. The molecule has 3 aliphatic heterocycles. The molecule has 2 amide bonds. The fourth-order valence-corrected chi connectivity index (χ4v) is 9.99. The van der Waals surface area contributed by atoms with E-state index in [1.54, 1.807) is 27.6 Å². The zero-order valence-corrected chi connectivity index (χ0v) is 26.7. The van der Waals surface area contributed by atoms with Crippen molar-refractivity contribution in [3.63, 3.8) is 0 Å². The fourth-order valence-electron chi connectivity index (χ4n) is 7.65. The number of ether oxygens (including phenoxy) is 1. The first-order valence-corrected chi connectivity index (χ1v) is 16.9. The van der Waals surface area contributed by atoms with Gasteiger partial charge in [0.15, 0.2) is 0 Å². The highest BCUT2D eigenvalue weighted by molar-refractivity contribution is 8.02. The number of aliphatic hydroxyl groups is 1. The quantitative estimate of drug-likeness (QED) is 0.135. The summed E-state index contributed by atoms with van der Waals surface area (Å²) in [7, 11) is 0. The SMILES string of the molecule is C=CCCCCOC(=O)[C@@H]1[C@H]2C(=O)N(CCCCCCO)C(C(=O)N(CC=C)c3ccc4ccccc4c3)C23CC[C@@]1(C)S3. The molecule has 1 spiro atoms. The van der Waals surface area contributed by atoms with E-state index in [0.717, 1.165) is 61.4 Å². The van der Waals surface area contributed by atoms with Gasteiger partial charge in [0, 0.05) is 30.1 Å². The van der Waals surface area contributed by atoms with Crippen LogP contribution in [0.4, 0.5) is 5.69 Å². The molecule has 44 heavy (non-hydrogen) atoms. The number of carbonyl (C=O) groups is 3. The summed E-state index contributed by atoms with van der Waals surface area (Å²) in [5.41, 5.74) is 0.767. The number of anilines is 1. The molecule has 0 radical (unpaired) electrons.